The van der Waals surface area contributed by atoms with Gasteiger partial charge in [-0.15, -0.1) is 0 Å². The zero-order chi connectivity index (χ0) is 19.4. The largest absolute Gasteiger partial charge is 0.497 e. The van der Waals surface area contributed by atoms with E-state index in [4.69, 9.17) is 17.0 Å². The summed E-state index contributed by atoms with van der Waals surface area (Å²) < 4.78 is 5.72. The van der Waals surface area contributed by atoms with Crippen molar-refractivity contribution in [1.29, 1.82) is 10.5 Å². The van der Waals surface area contributed by atoms with Gasteiger partial charge in [0, 0.05) is 0 Å². The maximum absolute atomic E-state index is 9.67. The van der Waals surface area contributed by atoms with Crippen LogP contribution < -0.4 is 10.1 Å². The summed E-state index contributed by atoms with van der Waals surface area (Å²) in [6, 6.07) is 19.9. The normalized spacial score (nSPS) is 19.0. The molecule has 1 aliphatic rings. The molecule has 2 aromatic rings. The second kappa shape index (κ2) is 7.84. The van der Waals surface area contributed by atoms with Gasteiger partial charge in [-0.05, 0) is 36.2 Å². The predicted molar refractivity (Wildman–Crippen MR) is 112 cm³/mol. The Morgan fingerprint density at radius 3 is 2.52 bits per heavy atom. The number of nitriles is 2. The summed E-state index contributed by atoms with van der Waals surface area (Å²) in [6.07, 6.45) is 0.193. The fourth-order valence-corrected chi connectivity index (χ4v) is 4.69. The molecule has 1 unspecified atom stereocenters. The van der Waals surface area contributed by atoms with Crippen molar-refractivity contribution in [2.45, 2.75) is 18.2 Å². The Kier molecular flexibility index (Phi) is 5.51. The molecule has 0 fully saturated rings. The number of nitrogens with zero attached hydrogens (tertiary/aromatic N) is 2. The fraction of sp³-hybridized carbons (Fsp3) is 0.190. The second-order valence-corrected chi connectivity index (χ2v) is 8.11. The Morgan fingerprint density at radius 1 is 1.19 bits per heavy atom. The molecular formula is C21H17N3OS2. The first kappa shape index (κ1) is 19.0. The number of hydrogen-bond donors (Lipinski definition) is 1. The van der Waals surface area contributed by atoms with Crippen LogP contribution in [0.25, 0.3) is 5.70 Å². The first-order valence-electron chi connectivity index (χ1n) is 8.27. The molecule has 1 heterocycles. The van der Waals surface area contributed by atoms with Crippen LogP contribution in [0.15, 0.2) is 54.1 Å². The third kappa shape index (κ3) is 3.68. The molecule has 0 aromatic heterocycles. The van der Waals surface area contributed by atoms with Crippen LogP contribution in [0.1, 0.15) is 23.1 Å². The van der Waals surface area contributed by atoms with Crippen molar-refractivity contribution >= 4 is 33.9 Å². The third-order valence-corrected chi connectivity index (χ3v) is 6.03. The van der Waals surface area contributed by atoms with Crippen molar-refractivity contribution < 1.29 is 4.74 Å². The smallest absolute Gasteiger partial charge is 0.128 e. The highest BCUT2D eigenvalue weighted by molar-refractivity contribution is 8.24. The SMILES string of the molecule is COc1ccc(C2(CC#N)NC(c3cccc(C)c3)=C(C#N)C(=S)S2)cc1. The van der Waals surface area contributed by atoms with E-state index in [9.17, 15) is 10.5 Å². The molecule has 6 heteroatoms. The highest BCUT2D eigenvalue weighted by atomic mass is 32.2. The van der Waals surface area contributed by atoms with E-state index in [1.54, 1.807) is 7.11 Å². The number of thiocarbonyl (C=S) groups is 1. The maximum atomic E-state index is 9.67. The van der Waals surface area contributed by atoms with Crippen LogP contribution in [-0.2, 0) is 4.87 Å². The number of thioether (sulfide) groups is 1. The molecule has 4 nitrogen and oxygen atoms in total. The molecule has 3 rings (SSSR count). The van der Waals surface area contributed by atoms with Crippen LogP contribution in [0.2, 0.25) is 0 Å². The summed E-state index contributed by atoms with van der Waals surface area (Å²) in [5.41, 5.74) is 3.96. The minimum Gasteiger partial charge on any atom is -0.497 e. The van der Waals surface area contributed by atoms with E-state index in [1.165, 1.54) is 11.8 Å². The monoisotopic (exact) mass is 391 g/mol. The summed E-state index contributed by atoms with van der Waals surface area (Å²) in [5, 5.41) is 22.6. The van der Waals surface area contributed by atoms with Crippen molar-refractivity contribution in [3.05, 3.63) is 70.8 Å². The minimum absolute atomic E-state index is 0.193. The van der Waals surface area contributed by atoms with Gasteiger partial charge in [-0.2, -0.15) is 10.5 Å². The van der Waals surface area contributed by atoms with E-state index in [0.29, 0.717) is 15.5 Å². The number of benzene rings is 2. The van der Waals surface area contributed by atoms with Crippen molar-refractivity contribution in [2.75, 3.05) is 7.11 Å². The highest BCUT2D eigenvalue weighted by Crippen LogP contribution is 2.46. The molecule has 0 spiro atoms. The lowest BCUT2D eigenvalue weighted by atomic mass is 9.99. The molecule has 2 aromatic carbocycles. The molecule has 1 atom stereocenters. The van der Waals surface area contributed by atoms with Gasteiger partial charge in [0.05, 0.1) is 29.5 Å². The number of ether oxygens (including phenoxy) is 1. The lowest BCUT2D eigenvalue weighted by molar-refractivity contribution is 0.414. The molecule has 27 heavy (non-hydrogen) atoms. The van der Waals surface area contributed by atoms with E-state index in [0.717, 1.165) is 22.4 Å². The van der Waals surface area contributed by atoms with Crippen molar-refractivity contribution in [1.82, 2.24) is 5.32 Å². The number of rotatable bonds is 4. The van der Waals surface area contributed by atoms with Gasteiger partial charge >= 0.3 is 0 Å². The van der Waals surface area contributed by atoms with Crippen LogP contribution >= 0.6 is 24.0 Å². The van der Waals surface area contributed by atoms with Crippen LogP contribution in [0.3, 0.4) is 0 Å². The molecule has 0 bridgehead atoms. The fourth-order valence-electron chi connectivity index (χ4n) is 3.00. The van der Waals surface area contributed by atoms with E-state index in [2.05, 4.69) is 17.5 Å². The zero-order valence-corrected chi connectivity index (χ0v) is 16.6. The van der Waals surface area contributed by atoms with Gasteiger partial charge in [-0.3, -0.25) is 0 Å². The van der Waals surface area contributed by atoms with Gasteiger partial charge < -0.3 is 10.1 Å². The van der Waals surface area contributed by atoms with Crippen molar-refractivity contribution in [3.63, 3.8) is 0 Å². The molecule has 0 amide bonds. The average molecular weight is 392 g/mol. The standard InChI is InChI=1S/C21H17N3OS2/c1-14-4-3-5-15(12-14)19-18(13-23)20(26)27-21(24-19,10-11-22)16-6-8-17(25-2)9-7-16/h3-9,12,24H,10H2,1-2H3. The van der Waals surface area contributed by atoms with Crippen LogP contribution in [-0.4, -0.2) is 11.3 Å². The van der Waals surface area contributed by atoms with E-state index < -0.39 is 4.87 Å². The molecule has 0 aliphatic carbocycles. The van der Waals surface area contributed by atoms with Crippen LogP contribution in [0.5, 0.6) is 5.75 Å². The van der Waals surface area contributed by atoms with Gasteiger partial charge in [0.15, 0.2) is 0 Å². The molecule has 134 valence electrons. The highest BCUT2D eigenvalue weighted by Gasteiger charge is 2.40. The Bertz CT molecular complexity index is 999. The number of hydrogen-bond acceptors (Lipinski definition) is 6. The first-order chi connectivity index (χ1) is 13.0. The van der Waals surface area contributed by atoms with E-state index in [1.807, 2.05) is 55.5 Å². The molecule has 1 N–H and O–H groups in total. The van der Waals surface area contributed by atoms with Gasteiger partial charge in [0.2, 0.25) is 0 Å². The summed E-state index contributed by atoms with van der Waals surface area (Å²) in [7, 11) is 1.61. The topological polar surface area (TPSA) is 68.8 Å². The quantitative estimate of drug-likeness (QED) is 0.764. The number of methoxy groups -OCH3 is 1. The predicted octanol–water partition coefficient (Wildman–Crippen LogP) is 4.67. The third-order valence-electron chi connectivity index (χ3n) is 4.35. The molecule has 0 saturated heterocycles. The molecule has 1 aliphatic heterocycles. The minimum atomic E-state index is -0.766. The lowest BCUT2D eigenvalue weighted by Crippen LogP contribution is -2.42. The maximum Gasteiger partial charge on any atom is 0.128 e. The summed E-state index contributed by atoms with van der Waals surface area (Å²) in [6.45, 7) is 2.00. The van der Waals surface area contributed by atoms with Crippen molar-refractivity contribution in [3.8, 4) is 17.9 Å². The van der Waals surface area contributed by atoms with Gasteiger partial charge in [-0.1, -0.05) is 59.9 Å². The van der Waals surface area contributed by atoms with Crippen LogP contribution in [0, 0.1) is 29.6 Å². The summed E-state index contributed by atoms with van der Waals surface area (Å²) in [5.74, 6) is 0.737. The average Bonchev–Trinajstić information content (AvgIpc) is 2.68. The van der Waals surface area contributed by atoms with Gasteiger partial charge in [0.1, 0.15) is 22.3 Å². The Balaban J connectivity index is 2.15. The lowest BCUT2D eigenvalue weighted by Gasteiger charge is -2.38. The molecular weight excluding hydrogens is 374 g/mol. The van der Waals surface area contributed by atoms with E-state index >= 15 is 0 Å². The first-order valence-corrected chi connectivity index (χ1v) is 9.50. The molecule has 0 radical (unpaired) electrons. The molecule has 0 saturated carbocycles. The summed E-state index contributed by atoms with van der Waals surface area (Å²) in [4.78, 5) is -0.766. The van der Waals surface area contributed by atoms with Crippen molar-refractivity contribution in [2.24, 2.45) is 0 Å². The Morgan fingerprint density at radius 2 is 1.93 bits per heavy atom. The Labute approximate surface area is 168 Å². The number of nitrogens with one attached hydrogen (secondary N) is 1. The van der Waals surface area contributed by atoms with E-state index in [-0.39, 0.29) is 6.42 Å². The number of aryl methyl sites for hydroxylation is 1. The summed E-state index contributed by atoms with van der Waals surface area (Å²) >= 11 is 6.89. The van der Waals surface area contributed by atoms with Crippen LogP contribution in [0.4, 0.5) is 0 Å². The van der Waals surface area contributed by atoms with Gasteiger partial charge in [-0.25, -0.2) is 0 Å². The van der Waals surface area contributed by atoms with Gasteiger partial charge in [0.25, 0.3) is 0 Å². The zero-order valence-electron chi connectivity index (χ0n) is 14.9. The Hall–Kier alpha value is -2.80. The second-order valence-electron chi connectivity index (χ2n) is 6.14.